The Kier molecular flexibility index (Phi) is 12.1. The molecule has 2 atom stereocenters. The second-order valence-corrected chi connectivity index (χ2v) is 16.7. The van der Waals surface area contributed by atoms with Crippen molar-refractivity contribution >= 4 is 74.4 Å². The average molecular weight is 855 g/mol. The highest BCUT2D eigenvalue weighted by atomic mass is 35.5. The second kappa shape index (κ2) is 17.6. The number of fused-ring (bicyclic) bond motifs is 2. The number of pyridine rings is 2. The topological polar surface area (TPSA) is 205 Å². The molecule has 7 heterocycles. The number of aryl methyl sites for hydroxylation is 1. The van der Waals surface area contributed by atoms with Crippen molar-refractivity contribution in [2.24, 2.45) is 13.0 Å². The van der Waals surface area contributed by atoms with E-state index in [9.17, 15) is 24.3 Å². The molecule has 3 aliphatic heterocycles. The third-order valence-electron chi connectivity index (χ3n) is 12.0. The van der Waals surface area contributed by atoms with E-state index in [1.165, 1.54) is 11.6 Å². The third kappa shape index (κ3) is 8.56. The molecule has 322 valence electrons. The maximum Gasteiger partial charge on any atom is 0.294 e. The van der Waals surface area contributed by atoms with Gasteiger partial charge in [0, 0.05) is 76.6 Å². The second-order valence-electron chi connectivity index (χ2n) is 16.3. The lowest BCUT2D eigenvalue weighted by atomic mass is 9.92. The summed E-state index contributed by atoms with van der Waals surface area (Å²) in [6.07, 6.45) is 5.80. The molecule has 1 unspecified atom stereocenters. The summed E-state index contributed by atoms with van der Waals surface area (Å²) in [6, 6.07) is 9.21. The first-order valence-corrected chi connectivity index (χ1v) is 21.1. The first kappa shape index (κ1) is 41.9. The number of carbonyl (C=O) groups is 3. The van der Waals surface area contributed by atoms with Gasteiger partial charge in [0.05, 0.1) is 53.5 Å². The Morgan fingerprint density at radius 3 is 2.59 bits per heavy atom. The van der Waals surface area contributed by atoms with Gasteiger partial charge in [0.2, 0.25) is 17.8 Å². The van der Waals surface area contributed by atoms with Crippen molar-refractivity contribution in [2.75, 3.05) is 74.6 Å². The minimum Gasteiger partial charge on any atom is -0.478 e. The Morgan fingerprint density at radius 2 is 1.85 bits per heavy atom. The number of aliphatic hydroxyl groups excluding tert-OH is 1. The molecule has 5 aromatic rings. The number of hydrogen-bond acceptors (Lipinski definition) is 14. The molecule has 3 saturated heterocycles. The number of likely N-dealkylation sites (N-methyl/N-ethyl adjacent to an activating group) is 1. The Morgan fingerprint density at radius 1 is 1.05 bits per heavy atom. The Hall–Kier alpha value is -5.85. The Balaban J connectivity index is 0.904. The minimum absolute atomic E-state index is 0.0311. The predicted molar refractivity (Wildman–Crippen MR) is 232 cm³/mol. The molecule has 8 rings (SSSR count). The number of amides is 3. The number of imide groups is 1. The van der Waals surface area contributed by atoms with Crippen LogP contribution in [0.2, 0.25) is 5.02 Å². The molecular weight excluding hydrogens is 804 g/mol. The lowest BCUT2D eigenvalue weighted by Gasteiger charge is -2.44. The predicted octanol–water partition coefficient (Wildman–Crippen LogP) is 3.10. The van der Waals surface area contributed by atoms with E-state index in [0.29, 0.717) is 64.5 Å². The summed E-state index contributed by atoms with van der Waals surface area (Å²) in [5.41, 5.74) is 3.34. The van der Waals surface area contributed by atoms with Crippen molar-refractivity contribution < 1.29 is 24.2 Å². The number of benzene rings is 1. The molecule has 0 aliphatic carbocycles. The van der Waals surface area contributed by atoms with Crippen LogP contribution in [0.3, 0.4) is 0 Å². The fourth-order valence-corrected chi connectivity index (χ4v) is 8.92. The summed E-state index contributed by atoms with van der Waals surface area (Å²) in [5.74, 6) is 0.0727. The van der Waals surface area contributed by atoms with Gasteiger partial charge in [-0.15, -0.1) is 0 Å². The number of aromatic nitrogens is 6. The molecule has 19 heteroatoms. The molecular formula is C42H51ClN12O6. The number of piperidine rings is 2. The SMILES string of the molecule is CNC(=O)COc1cc2cc(Nc3nc(N4CCC(CN5CCN(c6cccc7c(C8CCC(=O)NC8=O)nn(C)c67)C[C@H]5CO)CC4)ncc3Cl)cnc2n(C(C)C)c1=O. The monoisotopic (exact) mass is 854 g/mol. The number of carbonyl (C=O) groups excluding carboxylic acids is 3. The standard InChI is InChI=1S/C42H51ClN12O6/c1-24(2)55-39-26(17-33(41(55)60)61-23-35(58)44-3)16-27(18-45-39)47-38-31(43)19-46-42(49-38)52-12-10-25(11-13-52)20-53-14-15-54(21-28(53)22-56)32-7-5-6-29-36(50-51(4)37(29)32)30-8-9-34(57)48-40(30)59/h5-7,16-19,24-25,28,30,56H,8-15,20-23H2,1-4H3,(H,44,58)(H,46,47,49)(H,48,57,59)/t28-,30?/m0/s1. The largest absolute Gasteiger partial charge is 0.478 e. The van der Waals surface area contributed by atoms with Gasteiger partial charge in [-0.3, -0.25) is 38.6 Å². The van der Waals surface area contributed by atoms with Crippen LogP contribution in [-0.2, 0) is 21.4 Å². The molecule has 0 radical (unpaired) electrons. The number of aliphatic hydroxyl groups is 1. The highest BCUT2D eigenvalue weighted by Gasteiger charge is 2.34. The molecule has 0 saturated carbocycles. The highest BCUT2D eigenvalue weighted by Crippen LogP contribution is 2.36. The van der Waals surface area contributed by atoms with Crippen LogP contribution >= 0.6 is 11.6 Å². The summed E-state index contributed by atoms with van der Waals surface area (Å²) in [7, 11) is 3.39. The van der Waals surface area contributed by atoms with Crippen molar-refractivity contribution in [3.05, 3.63) is 63.8 Å². The lowest BCUT2D eigenvalue weighted by molar-refractivity contribution is -0.134. The first-order chi connectivity index (χ1) is 29.4. The van der Waals surface area contributed by atoms with Crippen molar-refractivity contribution in [2.45, 2.75) is 57.5 Å². The van der Waals surface area contributed by atoms with Crippen molar-refractivity contribution in [1.29, 1.82) is 0 Å². The van der Waals surface area contributed by atoms with Crippen LogP contribution in [0.25, 0.3) is 21.9 Å². The number of halogens is 1. The normalized spacial score (nSPS) is 19.2. The number of nitrogens with zero attached hydrogens (tertiary/aromatic N) is 9. The maximum absolute atomic E-state index is 13.2. The summed E-state index contributed by atoms with van der Waals surface area (Å²) >= 11 is 6.60. The molecule has 61 heavy (non-hydrogen) atoms. The molecule has 0 bridgehead atoms. The summed E-state index contributed by atoms with van der Waals surface area (Å²) in [6.45, 7) is 8.11. The van der Waals surface area contributed by atoms with Crippen LogP contribution < -0.4 is 36.0 Å². The molecule has 1 aromatic carbocycles. The number of rotatable bonds is 12. The fourth-order valence-electron chi connectivity index (χ4n) is 8.78. The van der Waals surface area contributed by atoms with Crippen molar-refractivity contribution in [3.8, 4) is 5.75 Å². The highest BCUT2D eigenvalue weighted by molar-refractivity contribution is 6.33. The van der Waals surface area contributed by atoms with Gasteiger partial charge in [-0.2, -0.15) is 10.1 Å². The van der Waals surface area contributed by atoms with Gasteiger partial charge < -0.3 is 30.3 Å². The maximum atomic E-state index is 13.2. The molecule has 3 amide bonds. The van der Waals surface area contributed by atoms with Crippen LogP contribution in [-0.4, -0.2) is 123 Å². The zero-order chi connectivity index (χ0) is 42.9. The summed E-state index contributed by atoms with van der Waals surface area (Å²) in [5, 5.41) is 25.5. The lowest BCUT2D eigenvalue weighted by Crippen LogP contribution is -2.56. The van der Waals surface area contributed by atoms with Crippen molar-refractivity contribution in [1.82, 2.24) is 44.8 Å². The first-order valence-electron chi connectivity index (χ1n) is 20.7. The van der Waals surface area contributed by atoms with Gasteiger partial charge in [0.25, 0.3) is 11.5 Å². The van der Waals surface area contributed by atoms with Gasteiger partial charge in [-0.25, -0.2) is 9.97 Å². The van der Waals surface area contributed by atoms with E-state index in [-0.39, 0.29) is 54.3 Å². The van der Waals surface area contributed by atoms with E-state index in [2.05, 4.69) is 46.7 Å². The van der Waals surface area contributed by atoms with Crippen LogP contribution in [0.15, 0.2) is 47.5 Å². The van der Waals surface area contributed by atoms with Gasteiger partial charge in [-0.1, -0.05) is 23.7 Å². The van der Waals surface area contributed by atoms with E-state index in [1.807, 2.05) is 43.8 Å². The number of para-hydroxylation sites is 1. The van der Waals surface area contributed by atoms with E-state index in [1.54, 1.807) is 18.5 Å². The van der Waals surface area contributed by atoms with Crippen LogP contribution in [0, 0.1) is 5.92 Å². The van der Waals surface area contributed by atoms with Crippen LogP contribution in [0.5, 0.6) is 5.75 Å². The van der Waals surface area contributed by atoms with Gasteiger partial charge in [0.15, 0.2) is 18.2 Å². The van der Waals surface area contributed by atoms with Crippen LogP contribution in [0.4, 0.5) is 23.1 Å². The minimum atomic E-state index is -0.476. The summed E-state index contributed by atoms with van der Waals surface area (Å²) in [4.78, 5) is 70.5. The molecule has 3 aliphatic rings. The number of hydrogen-bond donors (Lipinski definition) is 4. The van der Waals surface area contributed by atoms with E-state index in [0.717, 1.165) is 62.2 Å². The third-order valence-corrected chi connectivity index (χ3v) is 12.3. The molecule has 3 fully saturated rings. The molecule has 4 aromatic heterocycles. The molecule has 0 spiro atoms. The van der Waals surface area contributed by atoms with Gasteiger partial charge >= 0.3 is 0 Å². The smallest absolute Gasteiger partial charge is 0.294 e. The fraction of sp³-hybridized carbons (Fsp3) is 0.476. The molecule has 4 N–H and O–H groups in total. The quantitative estimate of drug-likeness (QED) is 0.133. The van der Waals surface area contributed by atoms with E-state index < -0.39 is 5.92 Å². The number of piperazine rings is 1. The number of anilines is 4. The van der Waals surface area contributed by atoms with Gasteiger partial charge in [-0.05, 0) is 57.2 Å². The Bertz CT molecular complexity index is 2540. The number of nitrogens with one attached hydrogen (secondary N) is 3. The van der Waals surface area contributed by atoms with E-state index >= 15 is 0 Å². The average Bonchev–Trinajstić information content (AvgIpc) is 3.59. The van der Waals surface area contributed by atoms with Gasteiger partial charge in [0.1, 0.15) is 10.7 Å². The summed E-state index contributed by atoms with van der Waals surface area (Å²) < 4.78 is 8.96. The number of ether oxygens (including phenoxy) is 1. The Labute approximate surface area is 357 Å². The van der Waals surface area contributed by atoms with Crippen LogP contribution in [0.1, 0.15) is 57.2 Å². The zero-order valence-electron chi connectivity index (χ0n) is 34.7. The zero-order valence-corrected chi connectivity index (χ0v) is 35.5. The van der Waals surface area contributed by atoms with Crippen molar-refractivity contribution in [3.63, 3.8) is 0 Å². The van der Waals surface area contributed by atoms with E-state index in [4.69, 9.17) is 26.4 Å². The molecule has 18 nitrogen and oxygen atoms in total.